The average Bonchev–Trinajstić information content (AvgIpc) is 3.32. The topological polar surface area (TPSA) is 75.3 Å². The molecular weight excluding hydrogens is 475 g/mol. The minimum Gasteiger partial charge on any atom is -0.377 e. The van der Waals surface area contributed by atoms with Crippen LogP contribution in [0.15, 0.2) is 11.5 Å². The van der Waals surface area contributed by atoms with Gasteiger partial charge in [0.05, 0.1) is 18.9 Å². The summed E-state index contributed by atoms with van der Waals surface area (Å²) in [6, 6.07) is 0.381. The number of hydrogen-bond acceptors (Lipinski definition) is 7. The van der Waals surface area contributed by atoms with Gasteiger partial charge >= 0.3 is 0 Å². The third-order valence-corrected chi connectivity index (χ3v) is 7.10. The lowest BCUT2D eigenvalue weighted by Crippen LogP contribution is -2.27. The maximum absolute atomic E-state index is 12.5. The Morgan fingerprint density at radius 2 is 2.16 bits per heavy atom. The highest BCUT2D eigenvalue weighted by atomic mass is 35.5. The predicted octanol–water partition coefficient (Wildman–Crippen LogP) is 4.49. The molecule has 2 aromatic rings. The summed E-state index contributed by atoms with van der Waals surface area (Å²) in [6.45, 7) is 8.09. The highest BCUT2D eigenvalue weighted by molar-refractivity contribution is 7.18. The fourth-order valence-corrected chi connectivity index (χ4v) is 5.83. The summed E-state index contributed by atoms with van der Waals surface area (Å²) in [5.74, 6) is 0.0508. The number of fused-ring (bicyclic) bond motifs is 1. The van der Waals surface area contributed by atoms with Crippen molar-refractivity contribution in [3.63, 3.8) is 0 Å². The van der Waals surface area contributed by atoms with E-state index in [1.165, 1.54) is 16.0 Å². The van der Waals surface area contributed by atoms with Crippen LogP contribution in [-0.2, 0) is 22.5 Å². The second-order valence-electron chi connectivity index (χ2n) is 7.63. The van der Waals surface area contributed by atoms with Gasteiger partial charge < -0.3 is 20.7 Å². The van der Waals surface area contributed by atoms with Gasteiger partial charge in [0.1, 0.15) is 10.0 Å². The van der Waals surface area contributed by atoms with E-state index in [0.717, 1.165) is 53.8 Å². The number of ether oxygens (including phenoxy) is 1. The Bertz CT molecular complexity index is 911. The molecule has 3 N–H and O–H groups in total. The molecule has 0 radical (unpaired) electrons. The Kier molecular flexibility index (Phi) is 10.4. The van der Waals surface area contributed by atoms with E-state index in [0.29, 0.717) is 25.6 Å². The van der Waals surface area contributed by atoms with Crippen LogP contribution in [-0.4, -0.2) is 43.2 Å². The number of anilines is 1. The molecule has 0 aliphatic carbocycles. The third-order valence-electron chi connectivity index (χ3n) is 5.10. The Balaban J connectivity index is 0.00000171. The molecule has 0 atom stereocenters. The van der Waals surface area contributed by atoms with Crippen LogP contribution in [0.25, 0.3) is 16.1 Å². The van der Waals surface area contributed by atoms with Gasteiger partial charge in [0, 0.05) is 41.4 Å². The molecule has 172 valence electrons. The molecular formula is C21H30Cl2N4O2S2. The lowest BCUT2D eigenvalue weighted by molar-refractivity contribution is -0.116. The predicted molar refractivity (Wildman–Crippen MR) is 135 cm³/mol. The molecule has 10 heteroatoms. The molecule has 0 saturated carbocycles. The summed E-state index contributed by atoms with van der Waals surface area (Å²) in [7, 11) is 0. The fraction of sp³-hybridized carbons (Fsp3) is 0.524. The largest absolute Gasteiger partial charge is 0.377 e. The summed E-state index contributed by atoms with van der Waals surface area (Å²) in [6.07, 6.45) is 4.47. The summed E-state index contributed by atoms with van der Waals surface area (Å²) in [4.78, 5) is 18.8. The minimum atomic E-state index is 0. The van der Waals surface area contributed by atoms with Crippen molar-refractivity contribution in [3.05, 3.63) is 27.6 Å². The summed E-state index contributed by atoms with van der Waals surface area (Å²) in [5, 5.41) is 14.0. The van der Waals surface area contributed by atoms with Crippen molar-refractivity contribution in [2.45, 2.75) is 45.7 Å². The molecule has 2 aliphatic heterocycles. The van der Waals surface area contributed by atoms with E-state index in [1.807, 2.05) is 0 Å². The second-order valence-corrected chi connectivity index (χ2v) is 9.60. The van der Waals surface area contributed by atoms with Crippen LogP contribution in [0.2, 0.25) is 0 Å². The maximum Gasteiger partial charge on any atom is 0.226 e. The number of thiazole rings is 1. The number of nitrogens with one attached hydrogen (secondary N) is 3. The third kappa shape index (κ3) is 6.51. The SMILES string of the molecule is CC(C)NCCC(=O)Nc1sc2c(c1-c1nc(C3=CCOCC3)cs1)CCNC2.Cl.Cl. The number of carbonyl (C=O) groups is 1. The van der Waals surface area contributed by atoms with Gasteiger partial charge in [-0.2, -0.15) is 0 Å². The Hall–Kier alpha value is -1.000. The molecule has 31 heavy (non-hydrogen) atoms. The van der Waals surface area contributed by atoms with E-state index in [9.17, 15) is 4.79 Å². The van der Waals surface area contributed by atoms with Gasteiger partial charge in [-0.15, -0.1) is 47.5 Å². The van der Waals surface area contributed by atoms with Crippen molar-refractivity contribution >= 4 is 64.0 Å². The number of halogens is 2. The van der Waals surface area contributed by atoms with Gasteiger partial charge in [-0.1, -0.05) is 19.9 Å². The summed E-state index contributed by atoms with van der Waals surface area (Å²) < 4.78 is 5.43. The summed E-state index contributed by atoms with van der Waals surface area (Å²) in [5.41, 5.74) is 4.77. The van der Waals surface area contributed by atoms with E-state index < -0.39 is 0 Å². The molecule has 4 heterocycles. The van der Waals surface area contributed by atoms with Crippen molar-refractivity contribution in [1.29, 1.82) is 0 Å². The van der Waals surface area contributed by atoms with Crippen LogP contribution in [0.3, 0.4) is 0 Å². The summed E-state index contributed by atoms with van der Waals surface area (Å²) >= 11 is 3.35. The minimum absolute atomic E-state index is 0. The van der Waals surface area contributed by atoms with E-state index >= 15 is 0 Å². The van der Waals surface area contributed by atoms with Crippen molar-refractivity contribution in [2.24, 2.45) is 0 Å². The molecule has 0 fully saturated rings. The van der Waals surface area contributed by atoms with Crippen molar-refractivity contribution in [2.75, 3.05) is 31.6 Å². The lowest BCUT2D eigenvalue weighted by Gasteiger charge is -2.14. The average molecular weight is 506 g/mol. The first-order chi connectivity index (χ1) is 14.1. The zero-order chi connectivity index (χ0) is 20.2. The van der Waals surface area contributed by atoms with Gasteiger partial charge in [-0.05, 0) is 30.5 Å². The van der Waals surface area contributed by atoms with Gasteiger partial charge in [-0.3, -0.25) is 4.79 Å². The molecule has 2 aromatic heterocycles. The van der Waals surface area contributed by atoms with Crippen LogP contribution < -0.4 is 16.0 Å². The van der Waals surface area contributed by atoms with E-state index in [1.54, 1.807) is 22.7 Å². The fourth-order valence-electron chi connectivity index (χ4n) is 3.61. The first-order valence-electron chi connectivity index (χ1n) is 10.2. The molecule has 0 spiro atoms. The van der Waals surface area contributed by atoms with Crippen molar-refractivity contribution in [3.8, 4) is 10.6 Å². The zero-order valence-corrected chi connectivity index (χ0v) is 21.1. The standard InChI is InChI=1S/C21H28N4O2S2.2ClH/c1-13(2)23-8-4-18(26)25-21-19(15-3-7-22-11-17(15)29-21)20-24-16(12-28-20)14-5-9-27-10-6-14;;/h5,12-13,22-23H,3-4,6-11H2,1-2H3,(H,25,26);2*1H. The number of rotatable bonds is 7. The number of aromatic nitrogens is 1. The van der Waals surface area contributed by atoms with Crippen LogP contribution in [0.5, 0.6) is 0 Å². The van der Waals surface area contributed by atoms with E-state index in [4.69, 9.17) is 9.72 Å². The van der Waals surface area contributed by atoms with E-state index in [2.05, 4.69) is 41.3 Å². The molecule has 0 unspecified atom stereocenters. The molecule has 4 rings (SSSR count). The number of carbonyl (C=O) groups excluding carboxylic acids is 1. The molecule has 0 aromatic carbocycles. The highest BCUT2D eigenvalue weighted by Crippen LogP contribution is 2.44. The quantitative estimate of drug-likeness (QED) is 0.517. The second kappa shape index (κ2) is 12.3. The first-order valence-corrected chi connectivity index (χ1v) is 11.9. The molecule has 2 aliphatic rings. The monoisotopic (exact) mass is 504 g/mol. The Morgan fingerprint density at radius 1 is 1.32 bits per heavy atom. The van der Waals surface area contributed by atoms with Gasteiger partial charge in [-0.25, -0.2) is 4.98 Å². The number of amides is 1. The molecule has 0 bridgehead atoms. The Labute approximate surface area is 204 Å². The number of nitrogens with zero attached hydrogens (tertiary/aromatic N) is 1. The number of thiophene rings is 1. The van der Waals surface area contributed by atoms with Crippen LogP contribution >= 0.6 is 47.5 Å². The first kappa shape index (κ1) is 26.3. The number of hydrogen-bond donors (Lipinski definition) is 3. The van der Waals surface area contributed by atoms with Crippen molar-refractivity contribution < 1.29 is 9.53 Å². The maximum atomic E-state index is 12.5. The molecule has 6 nitrogen and oxygen atoms in total. The van der Waals surface area contributed by atoms with Crippen molar-refractivity contribution in [1.82, 2.24) is 15.6 Å². The highest BCUT2D eigenvalue weighted by Gasteiger charge is 2.25. The molecule has 0 saturated heterocycles. The normalized spacial score (nSPS) is 15.5. The smallest absolute Gasteiger partial charge is 0.226 e. The lowest BCUT2D eigenvalue weighted by atomic mass is 10.0. The van der Waals surface area contributed by atoms with E-state index in [-0.39, 0.29) is 30.7 Å². The molecule has 1 amide bonds. The van der Waals surface area contributed by atoms with Crippen LogP contribution in [0.1, 0.15) is 42.8 Å². The van der Waals surface area contributed by atoms with Gasteiger partial charge in [0.2, 0.25) is 5.91 Å². The van der Waals surface area contributed by atoms with Crippen LogP contribution in [0.4, 0.5) is 5.00 Å². The zero-order valence-electron chi connectivity index (χ0n) is 17.8. The van der Waals surface area contributed by atoms with Crippen LogP contribution in [0, 0.1) is 0 Å². The Morgan fingerprint density at radius 3 is 2.90 bits per heavy atom. The van der Waals surface area contributed by atoms with Gasteiger partial charge in [0.25, 0.3) is 0 Å². The van der Waals surface area contributed by atoms with Gasteiger partial charge in [0.15, 0.2) is 0 Å².